The molecule has 2 aromatic rings. The molecule has 0 amide bonds. The lowest BCUT2D eigenvalue weighted by atomic mass is 10.1. The standard InChI is InChI=1S/C14H21N5OS/c1-10-7-11(2)19(18-10)13-6-5-12(16-17-13)15-8-14(3,20)9-21-4/h5-7,20H,8-9H2,1-4H3,(H,15,16). The zero-order chi connectivity index (χ0) is 15.5. The van der Waals surface area contributed by atoms with Gasteiger partial charge in [-0.25, -0.2) is 4.68 Å². The molecule has 0 aliphatic carbocycles. The van der Waals surface area contributed by atoms with E-state index in [9.17, 15) is 5.11 Å². The van der Waals surface area contributed by atoms with Gasteiger partial charge in [0.1, 0.15) is 5.82 Å². The van der Waals surface area contributed by atoms with Crippen molar-refractivity contribution in [3.8, 4) is 5.82 Å². The average molecular weight is 307 g/mol. The lowest BCUT2D eigenvalue weighted by Gasteiger charge is -2.22. The van der Waals surface area contributed by atoms with E-state index in [1.165, 1.54) is 0 Å². The van der Waals surface area contributed by atoms with Crippen LogP contribution in [0, 0.1) is 13.8 Å². The summed E-state index contributed by atoms with van der Waals surface area (Å²) in [5.41, 5.74) is 1.20. The molecule has 0 aromatic carbocycles. The Kier molecular flexibility index (Phi) is 4.84. The third-order valence-corrected chi connectivity index (χ3v) is 3.89. The monoisotopic (exact) mass is 307 g/mol. The van der Waals surface area contributed by atoms with Crippen molar-refractivity contribution in [1.82, 2.24) is 20.0 Å². The fourth-order valence-electron chi connectivity index (χ4n) is 2.04. The van der Waals surface area contributed by atoms with Crippen LogP contribution in [0.1, 0.15) is 18.3 Å². The predicted octanol–water partition coefficient (Wildman–Crippen LogP) is 1.81. The maximum atomic E-state index is 10.1. The Morgan fingerprint density at radius 3 is 2.62 bits per heavy atom. The largest absolute Gasteiger partial charge is 0.387 e. The minimum absolute atomic E-state index is 0.432. The number of hydrogen-bond acceptors (Lipinski definition) is 6. The van der Waals surface area contributed by atoms with Gasteiger partial charge in [-0.1, -0.05) is 0 Å². The van der Waals surface area contributed by atoms with E-state index < -0.39 is 5.60 Å². The highest BCUT2D eigenvalue weighted by molar-refractivity contribution is 7.98. The second-order valence-electron chi connectivity index (χ2n) is 5.40. The van der Waals surface area contributed by atoms with Crippen LogP contribution in [0.15, 0.2) is 18.2 Å². The molecule has 0 aliphatic heterocycles. The molecule has 0 bridgehead atoms. The van der Waals surface area contributed by atoms with Crippen molar-refractivity contribution in [2.45, 2.75) is 26.4 Å². The molecule has 0 radical (unpaired) electrons. The SMILES string of the molecule is CSCC(C)(O)CNc1ccc(-n2nc(C)cc2C)nn1. The highest BCUT2D eigenvalue weighted by Gasteiger charge is 2.19. The number of hydrogen-bond donors (Lipinski definition) is 2. The number of nitrogens with zero attached hydrogens (tertiary/aromatic N) is 4. The van der Waals surface area contributed by atoms with Crippen molar-refractivity contribution in [2.24, 2.45) is 0 Å². The van der Waals surface area contributed by atoms with E-state index in [1.807, 2.05) is 38.3 Å². The Morgan fingerprint density at radius 1 is 1.33 bits per heavy atom. The second kappa shape index (κ2) is 6.44. The van der Waals surface area contributed by atoms with E-state index in [1.54, 1.807) is 23.4 Å². The van der Waals surface area contributed by atoms with Gasteiger partial charge in [0.2, 0.25) is 0 Å². The fraction of sp³-hybridized carbons (Fsp3) is 0.500. The minimum Gasteiger partial charge on any atom is -0.387 e. The summed E-state index contributed by atoms with van der Waals surface area (Å²) < 4.78 is 1.76. The van der Waals surface area contributed by atoms with E-state index in [2.05, 4.69) is 20.6 Å². The molecule has 6 nitrogen and oxygen atoms in total. The first-order valence-electron chi connectivity index (χ1n) is 6.74. The van der Waals surface area contributed by atoms with Crippen LogP contribution in [-0.2, 0) is 0 Å². The summed E-state index contributed by atoms with van der Waals surface area (Å²) in [7, 11) is 0. The van der Waals surface area contributed by atoms with Crippen LogP contribution in [0.3, 0.4) is 0 Å². The third kappa shape index (κ3) is 4.18. The lowest BCUT2D eigenvalue weighted by Crippen LogP contribution is -2.36. The molecule has 2 N–H and O–H groups in total. The van der Waals surface area contributed by atoms with Gasteiger partial charge in [0.15, 0.2) is 5.82 Å². The first-order valence-corrected chi connectivity index (χ1v) is 8.13. The Labute approximate surface area is 129 Å². The summed E-state index contributed by atoms with van der Waals surface area (Å²) in [6, 6.07) is 5.69. The highest BCUT2D eigenvalue weighted by atomic mass is 32.2. The Balaban J connectivity index is 2.04. The lowest BCUT2D eigenvalue weighted by molar-refractivity contribution is 0.0996. The summed E-state index contributed by atoms with van der Waals surface area (Å²) in [6.45, 7) is 6.16. The Bertz CT molecular complexity index is 594. The maximum Gasteiger partial charge on any atom is 0.176 e. The Morgan fingerprint density at radius 2 is 2.10 bits per heavy atom. The van der Waals surface area contributed by atoms with Crippen LogP contribution in [0.25, 0.3) is 5.82 Å². The van der Waals surface area contributed by atoms with Gasteiger partial charge in [0.05, 0.1) is 11.3 Å². The van der Waals surface area contributed by atoms with E-state index in [0.717, 1.165) is 11.4 Å². The molecule has 2 heterocycles. The number of aromatic nitrogens is 4. The van der Waals surface area contributed by atoms with E-state index >= 15 is 0 Å². The summed E-state index contributed by atoms with van der Waals surface area (Å²) in [6.07, 6.45) is 1.97. The quantitative estimate of drug-likeness (QED) is 0.847. The van der Waals surface area contributed by atoms with Gasteiger partial charge < -0.3 is 10.4 Å². The van der Waals surface area contributed by atoms with E-state index in [0.29, 0.717) is 23.9 Å². The molecule has 0 fully saturated rings. The number of nitrogens with one attached hydrogen (secondary N) is 1. The van der Waals surface area contributed by atoms with Gasteiger partial charge in [0, 0.05) is 18.0 Å². The molecule has 2 aromatic heterocycles. The van der Waals surface area contributed by atoms with Gasteiger partial charge in [0.25, 0.3) is 0 Å². The maximum absolute atomic E-state index is 10.1. The first kappa shape index (κ1) is 15.8. The van der Waals surface area contributed by atoms with Gasteiger partial charge in [-0.15, -0.1) is 10.2 Å². The number of anilines is 1. The van der Waals surface area contributed by atoms with Gasteiger partial charge in [-0.3, -0.25) is 0 Å². The van der Waals surface area contributed by atoms with Crippen LogP contribution in [0.2, 0.25) is 0 Å². The second-order valence-corrected chi connectivity index (χ2v) is 6.27. The van der Waals surface area contributed by atoms with Gasteiger partial charge in [-0.2, -0.15) is 16.9 Å². The molecule has 0 aliphatic rings. The number of thioether (sulfide) groups is 1. The molecule has 114 valence electrons. The van der Waals surface area contributed by atoms with Crippen molar-refractivity contribution < 1.29 is 5.11 Å². The minimum atomic E-state index is -0.768. The Hall–Kier alpha value is -1.60. The zero-order valence-electron chi connectivity index (χ0n) is 12.8. The van der Waals surface area contributed by atoms with Crippen molar-refractivity contribution in [3.05, 3.63) is 29.6 Å². The van der Waals surface area contributed by atoms with Crippen molar-refractivity contribution in [2.75, 3.05) is 23.9 Å². The number of aliphatic hydroxyl groups is 1. The summed E-state index contributed by atoms with van der Waals surface area (Å²) >= 11 is 1.61. The smallest absolute Gasteiger partial charge is 0.176 e. The topological polar surface area (TPSA) is 75.9 Å². The van der Waals surface area contributed by atoms with Crippen LogP contribution in [0.5, 0.6) is 0 Å². The molecule has 0 saturated heterocycles. The number of aryl methyl sites for hydroxylation is 2. The van der Waals surface area contributed by atoms with Crippen molar-refractivity contribution in [1.29, 1.82) is 0 Å². The average Bonchev–Trinajstić information content (AvgIpc) is 2.76. The predicted molar refractivity (Wildman–Crippen MR) is 86.1 cm³/mol. The molecular weight excluding hydrogens is 286 g/mol. The molecule has 2 rings (SSSR count). The number of rotatable bonds is 6. The first-order chi connectivity index (χ1) is 9.91. The van der Waals surface area contributed by atoms with Crippen molar-refractivity contribution >= 4 is 17.6 Å². The van der Waals surface area contributed by atoms with Gasteiger partial charge in [-0.05, 0) is 45.2 Å². The molecule has 1 unspecified atom stereocenters. The highest BCUT2D eigenvalue weighted by Crippen LogP contribution is 2.13. The summed E-state index contributed by atoms with van der Waals surface area (Å²) in [4.78, 5) is 0. The molecule has 0 saturated carbocycles. The molecule has 1 atom stereocenters. The van der Waals surface area contributed by atoms with Crippen LogP contribution in [-0.4, -0.2) is 49.2 Å². The fourth-order valence-corrected chi connectivity index (χ4v) is 2.76. The van der Waals surface area contributed by atoms with E-state index in [-0.39, 0.29) is 0 Å². The molecular formula is C14H21N5OS. The van der Waals surface area contributed by atoms with Crippen LogP contribution >= 0.6 is 11.8 Å². The van der Waals surface area contributed by atoms with Crippen LogP contribution in [0.4, 0.5) is 5.82 Å². The summed E-state index contributed by atoms with van der Waals surface area (Å²) in [5.74, 6) is 1.99. The molecule has 0 spiro atoms. The van der Waals surface area contributed by atoms with Crippen molar-refractivity contribution in [3.63, 3.8) is 0 Å². The normalized spacial score (nSPS) is 14.0. The molecule has 21 heavy (non-hydrogen) atoms. The third-order valence-electron chi connectivity index (χ3n) is 2.98. The van der Waals surface area contributed by atoms with Gasteiger partial charge >= 0.3 is 0 Å². The van der Waals surface area contributed by atoms with E-state index in [4.69, 9.17) is 0 Å². The molecule has 7 heteroatoms. The zero-order valence-corrected chi connectivity index (χ0v) is 13.6. The summed E-state index contributed by atoms with van der Waals surface area (Å²) in [5, 5.41) is 25.9. The van der Waals surface area contributed by atoms with Crippen LogP contribution < -0.4 is 5.32 Å².